The number of carbonyl (C=O) groups is 1. The van der Waals surface area contributed by atoms with Crippen molar-refractivity contribution in [2.45, 2.75) is 31.8 Å². The molecular formula is C25H26N4O2. The van der Waals surface area contributed by atoms with E-state index in [1.165, 1.54) is 0 Å². The third-order valence-corrected chi connectivity index (χ3v) is 5.75. The average molecular weight is 415 g/mol. The molecule has 2 aromatic carbocycles. The van der Waals surface area contributed by atoms with E-state index in [4.69, 9.17) is 10.5 Å². The number of ketones is 1. The van der Waals surface area contributed by atoms with E-state index in [9.17, 15) is 10.1 Å². The quantitative estimate of drug-likeness (QED) is 0.800. The second-order valence-electron chi connectivity index (χ2n) is 7.98. The lowest BCUT2D eigenvalue weighted by molar-refractivity contribution is -0.116. The summed E-state index contributed by atoms with van der Waals surface area (Å²) < 4.78 is 5.89. The number of hydrogen-bond donors (Lipinski definition) is 1. The van der Waals surface area contributed by atoms with Crippen molar-refractivity contribution in [1.29, 1.82) is 5.26 Å². The minimum atomic E-state index is -0.452. The molecule has 1 heterocycles. The molecular weight excluding hydrogens is 388 g/mol. The molecule has 0 aromatic heterocycles. The fourth-order valence-corrected chi connectivity index (χ4v) is 4.36. The zero-order valence-electron chi connectivity index (χ0n) is 17.8. The van der Waals surface area contributed by atoms with Crippen LogP contribution in [0.4, 0.5) is 0 Å². The maximum Gasteiger partial charge on any atom is 0.161 e. The van der Waals surface area contributed by atoms with Crippen molar-refractivity contribution in [3.8, 4) is 11.8 Å². The Balaban J connectivity index is 1.67. The number of rotatable bonds is 5. The summed E-state index contributed by atoms with van der Waals surface area (Å²) in [5, 5.41) is 13.6. The number of hydrogen-bond acceptors (Lipinski definition) is 6. The van der Waals surface area contributed by atoms with E-state index in [1.54, 1.807) is 5.01 Å². The number of nitrogens with two attached hydrogens (primary N) is 1. The average Bonchev–Trinajstić information content (AvgIpc) is 2.78. The summed E-state index contributed by atoms with van der Waals surface area (Å²) in [6.07, 6.45) is 2.04. The van der Waals surface area contributed by atoms with Crippen LogP contribution in [0.25, 0.3) is 0 Å². The van der Waals surface area contributed by atoms with Gasteiger partial charge in [0.05, 0.1) is 17.6 Å². The SMILES string of the molecule is CN(C)N1C(N)=C(C#N)C(c2ccc(OCc3ccccc3)cc2)C2=C1CCCC2=O. The number of Topliss-reactive ketones (excluding diaryl/α,β-unsaturated/α-hetero) is 1. The van der Waals surface area contributed by atoms with E-state index in [0.717, 1.165) is 35.4 Å². The predicted molar refractivity (Wildman–Crippen MR) is 118 cm³/mol. The van der Waals surface area contributed by atoms with Gasteiger partial charge >= 0.3 is 0 Å². The number of nitrogens with zero attached hydrogens (tertiary/aromatic N) is 3. The van der Waals surface area contributed by atoms with Gasteiger partial charge in [-0.15, -0.1) is 0 Å². The summed E-state index contributed by atoms with van der Waals surface area (Å²) in [6.45, 7) is 0.478. The predicted octanol–water partition coefficient (Wildman–Crippen LogP) is 3.84. The van der Waals surface area contributed by atoms with E-state index < -0.39 is 5.92 Å². The number of ether oxygens (including phenoxy) is 1. The van der Waals surface area contributed by atoms with Crippen molar-refractivity contribution in [2.24, 2.45) is 5.73 Å². The first-order chi connectivity index (χ1) is 15.0. The van der Waals surface area contributed by atoms with Gasteiger partial charge in [0.2, 0.25) is 0 Å². The molecule has 2 aliphatic rings. The van der Waals surface area contributed by atoms with Gasteiger partial charge in [0.25, 0.3) is 0 Å². The van der Waals surface area contributed by atoms with Crippen LogP contribution in [0, 0.1) is 11.3 Å². The van der Waals surface area contributed by atoms with E-state index in [2.05, 4.69) is 6.07 Å². The Morgan fingerprint density at radius 3 is 2.48 bits per heavy atom. The molecule has 1 atom stereocenters. The van der Waals surface area contributed by atoms with Crippen LogP contribution in [0.15, 0.2) is 77.3 Å². The third kappa shape index (κ3) is 3.92. The molecule has 0 saturated carbocycles. The van der Waals surface area contributed by atoms with E-state index in [-0.39, 0.29) is 5.78 Å². The molecule has 31 heavy (non-hydrogen) atoms. The standard InChI is InChI=1S/C25H26N4O2/c1-28(2)29-21-9-6-10-22(30)24(21)23(20(15-26)25(29)27)18-11-13-19(14-12-18)31-16-17-7-4-3-5-8-17/h3-5,7-8,11-14,23H,6,9-10,16,27H2,1-2H3. The highest BCUT2D eigenvalue weighted by Crippen LogP contribution is 2.45. The summed E-state index contributed by atoms with van der Waals surface area (Å²) in [5.41, 5.74) is 10.4. The van der Waals surface area contributed by atoms with E-state index in [0.29, 0.717) is 30.0 Å². The third-order valence-electron chi connectivity index (χ3n) is 5.75. The number of hydrazine groups is 1. The van der Waals surface area contributed by atoms with E-state index in [1.807, 2.05) is 73.7 Å². The van der Waals surface area contributed by atoms with Crippen molar-refractivity contribution in [1.82, 2.24) is 10.0 Å². The molecule has 0 saturated heterocycles. The van der Waals surface area contributed by atoms with Crippen LogP contribution in [-0.2, 0) is 11.4 Å². The fraction of sp³-hybridized carbons (Fsp3) is 0.280. The Kier molecular flexibility index (Phi) is 5.79. The minimum Gasteiger partial charge on any atom is -0.489 e. The van der Waals surface area contributed by atoms with Crippen LogP contribution in [0.2, 0.25) is 0 Å². The molecule has 4 rings (SSSR count). The Morgan fingerprint density at radius 1 is 1.13 bits per heavy atom. The monoisotopic (exact) mass is 414 g/mol. The number of nitriles is 1. The molecule has 0 fully saturated rings. The Hall–Kier alpha value is -3.56. The van der Waals surface area contributed by atoms with Gasteiger partial charge < -0.3 is 10.5 Å². The van der Waals surface area contributed by atoms with Crippen LogP contribution in [0.1, 0.15) is 36.3 Å². The van der Waals surface area contributed by atoms with Gasteiger partial charge in [-0.2, -0.15) is 5.26 Å². The van der Waals surface area contributed by atoms with Crippen LogP contribution in [0.3, 0.4) is 0 Å². The molecule has 6 heteroatoms. The molecule has 158 valence electrons. The first-order valence-electron chi connectivity index (χ1n) is 10.4. The van der Waals surface area contributed by atoms with Gasteiger partial charge in [0.15, 0.2) is 5.78 Å². The number of carbonyl (C=O) groups excluding carboxylic acids is 1. The minimum absolute atomic E-state index is 0.0859. The molecule has 1 aliphatic heterocycles. The Morgan fingerprint density at radius 2 is 1.84 bits per heavy atom. The maximum atomic E-state index is 13.0. The first kappa shape index (κ1) is 20.7. The smallest absolute Gasteiger partial charge is 0.161 e. The molecule has 2 aromatic rings. The largest absolute Gasteiger partial charge is 0.489 e. The van der Waals surface area contributed by atoms with Crippen molar-refractivity contribution < 1.29 is 9.53 Å². The first-order valence-corrected chi connectivity index (χ1v) is 10.4. The summed E-state index contributed by atoms with van der Waals surface area (Å²) >= 11 is 0. The fourth-order valence-electron chi connectivity index (χ4n) is 4.36. The van der Waals surface area contributed by atoms with Crippen molar-refractivity contribution in [2.75, 3.05) is 14.1 Å². The van der Waals surface area contributed by atoms with Gasteiger partial charge in [-0.3, -0.25) is 9.80 Å². The Labute approximate surface area is 182 Å². The number of allylic oxidation sites excluding steroid dienone is 3. The molecule has 0 spiro atoms. The molecule has 0 radical (unpaired) electrons. The highest BCUT2D eigenvalue weighted by molar-refractivity contribution is 5.99. The number of benzene rings is 2. The van der Waals surface area contributed by atoms with Crippen LogP contribution in [-0.4, -0.2) is 29.9 Å². The van der Waals surface area contributed by atoms with Crippen molar-refractivity contribution >= 4 is 5.78 Å². The second kappa shape index (κ2) is 8.66. The molecule has 1 aliphatic carbocycles. The van der Waals surface area contributed by atoms with Gasteiger partial charge in [-0.05, 0) is 36.1 Å². The molecule has 0 bridgehead atoms. The normalized spacial score (nSPS) is 18.8. The van der Waals surface area contributed by atoms with E-state index >= 15 is 0 Å². The second-order valence-corrected chi connectivity index (χ2v) is 7.98. The molecule has 6 nitrogen and oxygen atoms in total. The van der Waals surface area contributed by atoms with Gasteiger partial charge in [0, 0.05) is 31.8 Å². The topological polar surface area (TPSA) is 82.6 Å². The molecule has 2 N–H and O–H groups in total. The molecule has 0 amide bonds. The zero-order chi connectivity index (χ0) is 22.0. The van der Waals surface area contributed by atoms with Crippen LogP contribution in [0.5, 0.6) is 5.75 Å². The highest BCUT2D eigenvalue weighted by atomic mass is 16.5. The lowest BCUT2D eigenvalue weighted by Gasteiger charge is -2.42. The highest BCUT2D eigenvalue weighted by Gasteiger charge is 2.40. The summed E-state index contributed by atoms with van der Waals surface area (Å²) in [4.78, 5) is 13.0. The lowest BCUT2D eigenvalue weighted by atomic mass is 9.76. The van der Waals surface area contributed by atoms with Crippen LogP contribution < -0.4 is 10.5 Å². The van der Waals surface area contributed by atoms with Crippen molar-refractivity contribution in [3.63, 3.8) is 0 Å². The summed E-state index contributed by atoms with van der Waals surface area (Å²) in [6, 6.07) is 19.9. The van der Waals surface area contributed by atoms with Crippen molar-refractivity contribution in [3.05, 3.63) is 88.4 Å². The van der Waals surface area contributed by atoms with Gasteiger partial charge in [-0.1, -0.05) is 42.5 Å². The van der Waals surface area contributed by atoms with Gasteiger partial charge in [0.1, 0.15) is 18.2 Å². The maximum absolute atomic E-state index is 13.0. The summed E-state index contributed by atoms with van der Waals surface area (Å²) in [5.74, 6) is 0.753. The lowest BCUT2D eigenvalue weighted by Crippen LogP contribution is -2.45. The molecule has 1 unspecified atom stereocenters. The van der Waals surface area contributed by atoms with Crippen LogP contribution >= 0.6 is 0 Å². The zero-order valence-corrected chi connectivity index (χ0v) is 17.8. The Bertz CT molecular complexity index is 1080. The summed E-state index contributed by atoms with van der Waals surface area (Å²) in [7, 11) is 3.73. The van der Waals surface area contributed by atoms with Gasteiger partial charge in [-0.25, -0.2) is 5.01 Å².